The Morgan fingerprint density at radius 3 is 2.56 bits per heavy atom. The Kier molecular flexibility index (Phi) is 1.68. The molecule has 1 fully saturated rings. The van der Waals surface area contributed by atoms with Gasteiger partial charge in [-0.05, 0) is 13.0 Å². The van der Waals surface area contributed by atoms with Crippen molar-refractivity contribution in [3.8, 4) is 0 Å². The third-order valence-corrected chi connectivity index (χ3v) is 1.46. The van der Waals surface area contributed by atoms with Crippen molar-refractivity contribution in [1.82, 2.24) is 5.32 Å². The minimum atomic E-state index is -0.972. The number of hydrogen-bond donors (Lipinski definition) is 3. The summed E-state index contributed by atoms with van der Waals surface area (Å²) in [4.78, 5) is 10.2. The van der Waals surface area contributed by atoms with Gasteiger partial charge in [0.2, 0.25) is 0 Å². The van der Waals surface area contributed by atoms with E-state index in [-0.39, 0.29) is 0 Å². The van der Waals surface area contributed by atoms with Crippen LogP contribution in [-0.4, -0.2) is 34.9 Å². The van der Waals surface area contributed by atoms with Crippen molar-refractivity contribution in [3.05, 3.63) is 0 Å². The summed E-state index contributed by atoms with van der Waals surface area (Å²) in [6.45, 7) is 0.595. The molecule has 52 valence electrons. The van der Waals surface area contributed by atoms with Crippen LogP contribution in [0.25, 0.3) is 0 Å². The molecule has 0 radical (unpaired) electrons. The van der Waals surface area contributed by atoms with Crippen LogP contribution in [0.15, 0.2) is 0 Å². The summed E-state index contributed by atoms with van der Waals surface area (Å²) in [6, 6.07) is -0.745. The average molecular weight is 131 g/mol. The van der Waals surface area contributed by atoms with Crippen LogP contribution < -0.4 is 5.32 Å². The van der Waals surface area contributed by atoms with Gasteiger partial charge >= 0.3 is 5.97 Å². The molecular weight excluding hydrogens is 122 g/mol. The number of rotatable bonds is 1. The number of carbonyl (C=O) groups is 1. The van der Waals surface area contributed by atoms with E-state index in [0.717, 1.165) is 0 Å². The first-order chi connectivity index (χ1) is 4.22. The Morgan fingerprint density at radius 1 is 1.67 bits per heavy atom. The smallest absolute Gasteiger partial charge is 0.323 e. The number of aliphatic hydroxyl groups excluding tert-OH is 1. The Hall–Kier alpha value is -0.610. The van der Waals surface area contributed by atoms with E-state index in [4.69, 9.17) is 10.2 Å². The quantitative estimate of drug-likeness (QED) is 0.418. The molecule has 0 aliphatic carbocycles. The molecule has 1 saturated heterocycles. The highest BCUT2D eigenvalue weighted by molar-refractivity contribution is 5.74. The lowest BCUT2D eigenvalue weighted by molar-refractivity contribution is -0.141. The molecule has 0 bridgehead atoms. The molecule has 2 atom stereocenters. The summed E-state index contributed by atoms with van der Waals surface area (Å²) in [7, 11) is 0. The Labute approximate surface area is 52.5 Å². The van der Waals surface area contributed by atoms with Crippen LogP contribution in [0.1, 0.15) is 6.42 Å². The molecule has 0 aromatic heterocycles. The van der Waals surface area contributed by atoms with E-state index in [1.807, 2.05) is 0 Å². The maximum Gasteiger partial charge on any atom is 0.323 e. The van der Waals surface area contributed by atoms with Crippen LogP contribution >= 0.6 is 0 Å². The van der Waals surface area contributed by atoms with Gasteiger partial charge in [0.1, 0.15) is 6.04 Å². The van der Waals surface area contributed by atoms with Gasteiger partial charge in [-0.15, -0.1) is 0 Å². The molecule has 9 heavy (non-hydrogen) atoms. The molecule has 0 aromatic carbocycles. The molecule has 1 unspecified atom stereocenters. The summed E-state index contributed by atoms with van der Waals surface area (Å²) < 4.78 is 0. The maximum absolute atomic E-state index is 10.2. The zero-order chi connectivity index (χ0) is 6.85. The Balaban J connectivity index is 2.49. The van der Waals surface area contributed by atoms with Crippen molar-refractivity contribution in [2.24, 2.45) is 0 Å². The molecule has 1 heterocycles. The minimum absolute atomic E-state index is 0.539. The summed E-state index contributed by atoms with van der Waals surface area (Å²) in [5.74, 6) is -0.972. The van der Waals surface area contributed by atoms with Gasteiger partial charge < -0.3 is 15.5 Å². The number of aliphatic carboxylic acids is 1. The lowest BCUT2D eigenvalue weighted by Gasteiger charge is -2.06. The van der Waals surface area contributed by atoms with E-state index in [1.54, 1.807) is 0 Å². The lowest BCUT2D eigenvalue weighted by Crippen LogP contribution is -2.38. The van der Waals surface area contributed by atoms with Crippen molar-refractivity contribution in [3.63, 3.8) is 0 Å². The van der Waals surface area contributed by atoms with E-state index >= 15 is 0 Å². The van der Waals surface area contributed by atoms with Gasteiger partial charge in [0, 0.05) is 0 Å². The second-order valence-corrected chi connectivity index (χ2v) is 2.13. The van der Waals surface area contributed by atoms with Crippen LogP contribution in [0, 0.1) is 0 Å². The van der Waals surface area contributed by atoms with Gasteiger partial charge in [-0.1, -0.05) is 0 Å². The highest BCUT2D eigenvalue weighted by Crippen LogP contribution is 2.05. The molecule has 1 rings (SSSR count). The summed E-state index contributed by atoms with van der Waals surface area (Å²) in [5, 5.41) is 19.9. The molecule has 3 N–H and O–H groups in total. The average Bonchev–Trinajstić information content (AvgIpc) is 2.13. The first-order valence-electron chi connectivity index (χ1n) is 2.86. The third kappa shape index (κ3) is 1.20. The van der Waals surface area contributed by atoms with E-state index in [9.17, 15) is 4.79 Å². The number of hydrogen-bond acceptors (Lipinski definition) is 3. The van der Waals surface area contributed by atoms with Crippen molar-refractivity contribution in [2.45, 2.75) is 18.6 Å². The van der Waals surface area contributed by atoms with E-state index < -0.39 is 18.1 Å². The molecule has 1 aliphatic heterocycles. The predicted molar refractivity (Wildman–Crippen MR) is 30.1 cm³/mol. The first-order valence-corrected chi connectivity index (χ1v) is 2.86. The standard InChI is InChI=1S/C5H9NO3/c7-3-1-2-6-4(3)5(8)9/h3-4,6-7H,1-2H2,(H,8,9)/t3?,4-/m1/s1. The van der Waals surface area contributed by atoms with Gasteiger partial charge in [0.15, 0.2) is 0 Å². The van der Waals surface area contributed by atoms with E-state index in [1.165, 1.54) is 0 Å². The molecule has 1 aliphatic rings. The van der Waals surface area contributed by atoms with Gasteiger partial charge in [-0.25, -0.2) is 0 Å². The van der Waals surface area contributed by atoms with Gasteiger partial charge in [-0.2, -0.15) is 0 Å². The van der Waals surface area contributed by atoms with Crippen molar-refractivity contribution < 1.29 is 15.0 Å². The molecule has 0 spiro atoms. The highest BCUT2D eigenvalue weighted by atomic mass is 16.4. The predicted octanol–water partition coefficient (Wildman–Crippen LogP) is -1.21. The van der Waals surface area contributed by atoms with Crippen LogP contribution in [0.4, 0.5) is 0 Å². The topological polar surface area (TPSA) is 69.6 Å². The molecule has 0 amide bonds. The zero-order valence-electron chi connectivity index (χ0n) is 4.87. The third-order valence-electron chi connectivity index (χ3n) is 1.46. The van der Waals surface area contributed by atoms with Crippen molar-refractivity contribution in [2.75, 3.05) is 6.54 Å². The van der Waals surface area contributed by atoms with Crippen LogP contribution in [-0.2, 0) is 4.79 Å². The Morgan fingerprint density at radius 2 is 2.33 bits per heavy atom. The number of carboxylic acid groups (broad SMARTS) is 1. The maximum atomic E-state index is 10.2. The normalized spacial score (nSPS) is 34.8. The van der Waals surface area contributed by atoms with Crippen LogP contribution in [0.3, 0.4) is 0 Å². The van der Waals surface area contributed by atoms with Crippen LogP contribution in [0.2, 0.25) is 0 Å². The Bertz CT molecular complexity index is 125. The summed E-state index contributed by atoms with van der Waals surface area (Å²) >= 11 is 0. The van der Waals surface area contributed by atoms with Crippen molar-refractivity contribution in [1.29, 1.82) is 0 Å². The van der Waals surface area contributed by atoms with Crippen LogP contribution in [0.5, 0.6) is 0 Å². The van der Waals surface area contributed by atoms with Crippen molar-refractivity contribution >= 4 is 5.97 Å². The van der Waals surface area contributed by atoms with Gasteiger partial charge in [0.05, 0.1) is 6.10 Å². The molecule has 0 saturated carbocycles. The number of aliphatic hydroxyl groups is 1. The minimum Gasteiger partial charge on any atom is -0.480 e. The SMILES string of the molecule is O=C(O)[C@@H]1NCCC1O. The summed E-state index contributed by atoms with van der Waals surface area (Å²) in [5.41, 5.74) is 0. The molecule has 0 aromatic rings. The molecule has 4 heteroatoms. The fourth-order valence-electron chi connectivity index (χ4n) is 0.941. The fourth-order valence-corrected chi connectivity index (χ4v) is 0.941. The van der Waals surface area contributed by atoms with Gasteiger partial charge in [0.25, 0.3) is 0 Å². The van der Waals surface area contributed by atoms with E-state index in [2.05, 4.69) is 5.32 Å². The largest absolute Gasteiger partial charge is 0.480 e. The first kappa shape index (κ1) is 6.51. The lowest BCUT2D eigenvalue weighted by atomic mass is 10.2. The molecular formula is C5H9NO3. The zero-order valence-corrected chi connectivity index (χ0v) is 4.87. The molecule has 4 nitrogen and oxygen atoms in total. The monoisotopic (exact) mass is 131 g/mol. The highest BCUT2D eigenvalue weighted by Gasteiger charge is 2.30. The number of carboxylic acids is 1. The number of nitrogens with one attached hydrogen (secondary N) is 1. The van der Waals surface area contributed by atoms with E-state index in [0.29, 0.717) is 13.0 Å². The second-order valence-electron chi connectivity index (χ2n) is 2.13. The second kappa shape index (κ2) is 2.33. The van der Waals surface area contributed by atoms with Gasteiger partial charge in [-0.3, -0.25) is 4.79 Å². The summed E-state index contributed by atoms with van der Waals surface area (Å²) in [6.07, 6.45) is -0.167. The fraction of sp³-hybridized carbons (Fsp3) is 0.800.